The minimum Gasteiger partial charge on any atom is -0.303 e. The first-order valence-electron chi connectivity index (χ1n) is 7.82. The molecule has 0 aromatic heterocycles. The third kappa shape index (κ3) is 2.79. The van der Waals surface area contributed by atoms with E-state index in [4.69, 9.17) is 0 Å². The highest BCUT2D eigenvalue weighted by Crippen LogP contribution is 2.40. The van der Waals surface area contributed by atoms with Gasteiger partial charge in [-0.05, 0) is 57.8 Å². The van der Waals surface area contributed by atoms with Crippen molar-refractivity contribution in [1.29, 1.82) is 0 Å². The van der Waals surface area contributed by atoms with Gasteiger partial charge in [-0.25, -0.2) is 0 Å². The summed E-state index contributed by atoms with van der Waals surface area (Å²) in [5.41, 5.74) is -0.0292. The third-order valence-electron chi connectivity index (χ3n) is 5.44. The fraction of sp³-hybridized carbons (Fsp3) is 0.938. The SMILES string of the molecule is CCC1CCC(C)N1CC1(C=O)CCC(C)CC1. The predicted octanol–water partition coefficient (Wildman–Crippen LogP) is 3.64. The Morgan fingerprint density at radius 3 is 2.39 bits per heavy atom. The average Bonchev–Trinajstić information content (AvgIpc) is 2.73. The van der Waals surface area contributed by atoms with Crippen LogP contribution in [-0.4, -0.2) is 29.8 Å². The van der Waals surface area contributed by atoms with Crippen LogP contribution in [0.5, 0.6) is 0 Å². The minimum atomic E-state index is -0.0292. The minimum absolute atomic E-state index is 0.0292. The second-order valence-electron chi connectivity index (χ2n) is 6.82. The fourth-order valence-corrected chi connectivity index (χ4v) is 3.86. The second kappa shape index (κ2) is 5.73. The Morgan fingerprint density at radius 2 is 1.83 bits per heavy atom. The molecule has 0 spiro atoms. The molecule has 2 heteroatoms. The number of likely N-dealkylation sites (tertiary alicyclic amines) is 1. The number of hydrogen-bond donors (Lipinski definition) is 0. The first-order valence-corrected chi connectivity index (χ1v) is 7.82. The summed E-state index contributed by atoms with van der Waals surface area (Å²) in [4.78, 5) is 14.3. The lowest BCUT2D eigenvalue weighted by atomic mass is 9.71. The van der Waals surface area contributed by atoms with Gasteiger partial charge in [0.1, 0.15) is 6.29 Å². The topological polar surface area (TPSA) is 20.3 Å². The van der Waals surface area contributed by atoms with E-state index in [0.717, 1.165) is 31.3 Å². The smallest absolute Gasteiger partial charge is 0.127 e. The van der Waals surface area contributed by atoms with Gasteiger partial charge in [0.25, 0.3) is 0 Å². The maximum atomic E-state index is 11.7. The van der Waals surface area contributed by atoms with Crippen molar-refractivity contribution in [2.45, 2.75) is 77.8 Å². The molecule has 2 fully saturated rings. The summed E-state index contributed by atoms with van der Waals surface area (Å²) in [6.45, 7) is 7.96. The number of carbonyl (C=O) groups excluding carboxylic acids is 1. The summed E-state index contributed by atoms with van der Waals surface area (Å²) >= 11 is 0. The first kappa shape index (κ1) is 14.0. The monoisotopic (exact) mass is 251 g/mol. The molecule has 0 radical (unpaired) electrons. The average molecular weight is 251 g/mol. The van der Waals surface area contributed by atoms with Crippen LogP contribution in [0.15, 0.2) is 0 Å². The molecule has 0 aromatic carbocycles. The summed E-state index contributed by atoms with van der Waals surface area (Å²) < 4.78 is 0. The maximum absolute atomic E-state index is 11.7. The van der Waals surface area contributed by atoms with Gasteiger partial charge in [-0.3, -0.25) is 4.90 Å². The molecule has 0 aromatic rings. The Bertz CT molecular complexity index is 281. The van der Waals surface area contributed by atoms with Crippen LogP contribution in [0.2, 0.25) is 0 Å². The van der Waals surface area contributed by atoms with Crippen molar-refractivity contribution in [3.63, 3.8) is 0 Å². The molecular formula is C16H29NO. The fourth-order valence-electron chi connectivity index (χ4n) is 3.86. The van der Waals surface area contributed by atoms with Gasteiger partial charge < -0.3 is 4.79 Å². The molecule has 1 heterocycles. The molecule has 1 saturated heterocycles. The first-order chi connectivity index (χ1) is 8.60. The highest BCUT2D eigenvalue weighted by molar-refractivity contribution is 5.60. The van der Waals surface area contributed by atoms with Crippen molar-refractivity contribution < 1.29 is 4.79 Å². The van der Waals surface area contributed by atoms with Gasteiger partial charge in [-0.2, -0.15) is 0 Å². The van der Waals surface area contributed by atoms with E-state index in [0.29, 0.717) is 6.04 Å². The molecular weight excluding hydrogens is 222 g/mol. The number of hydrogen-bond acceptors (Lipinski definition) is 2. The van der Waals surface area contributed by atoms with E-state index in [1.807, 2.05) is 0 Å². The molecule has 18 heavy (non-hydrogen) atoms. The molecule has 2 nitrogen and oxygen atoms in total. The lowest BCUT2D eigenvalue weighted by Crippen LogP contribution is -2.45. The molecule has 104 valence electrons. The molecule has 1 aliphatic carbocycles. The Morgan fingerprint density at radius 1 is 1.17 bits per heavy atom. The van der Waals surface area contributed by atoms with E-state index in [1.54, 1.807) is 0 Å². The van der Waals surface area contributed by atoms with Crippen LogP contribution in [0.3, 0.4) is 0 Å². The van der Waals surface area contributed by atoms with Crippen molar-refractivity contribution in [2.75, 3.05) is 6.54 Å². The highest BCUT2D eigenvalue weighted by atomic mass is 16.1. The van der Waals surface area contributed by atoms with E-state index in [1.165, 1.54) is 38.4 Å². The molecule has 2 atom stereocenters. The van der Waals surface area contributed by atoms with Crippen molar-refractivity contribution in [3.8, 4) is 0 Å². The molecule has 2 aliphatic rings. The van der Waals surface area contributed by atoms with E-state index < -0.39 is 0 Å². The molecule has 2 unspecified atom stereocenters. The van der Waals surface area contributed by atoms with Crippen molar-refractivity contribution in [1.82, 2.24) is 4.90 Å². The van der Waals surface area contributed by atoms with Crippen LogP contribution in [0, 0.1) is 11.3 Å². The molecule has 0 N–H and O–H groups in total. The van der Waals surface area contributed by atoms with Crippen molar-refractivity contribution in [3.05, 3.63) is 0 Å². The van der Waals surface area contributed by atoms with Crippen LogP contribution >= 0.6 is 0 Å². The van der Waals surface area contributed by atoms with Crippen molar-refractivity contribution in [2.24, 2.45) is 11.3 Å². The zero-order valence-electron chi connectivity index (χ0n) is 12.3. The normalized spacial score (nSPS) is 42.1. The summed E-state index contributed by atoms with van der Waals surface area (Å²) in [5.74, 6) is 0.816. The second-order valence-corrected chi connectivity index (χ2v) is 6.82. The van der Waals surface area contributed by atoms with E-state index in [9.17, 15) is 4.79 Å². The quantitative estimate of drug-likeness (QED) is 0.711. The standard InChI is InChI=1S/C16H29NO/c1-4-15-6-5-14(3)17(15)11-16(12-18)9-7-13(2)8-10-16/h12-15H,4-11H2,1-3H3. The Labute approximate surface area is 112 Å². The lowest BCUT2D eigenvalue weighted by Gasteiger charge is -2.41. The Hall–Kier alpha value is -0.370. The van der Waals surface area contributed by atoms with Gasteiger partial charge in [-0.1, -0.05) is 13.8 Å². The van der Waals surface area contributed by atoms with Crippen LogP contribution in [0.4, 0.5) is 0 Å². The van der Waals surface area contributed by atoms with E-state index >= 15 is 0 Å². The summed E-state index contributed by atoms with van der Waals surface area (Å²) in [6, 6.07) is 1.39. The molecule has 1 aliphatic heterocycles. The highest BCUT2D eigenvalue weighted by Gasteiger charge is 2.40. The van der Waals surface area contributed by atoms with E-state index in [-0.39, 0.29) is 5.41 Å². The predicted molar refractivity (Wildman–Crippen MR) is 75.6 cm³/mol. The number of aldehydes is 1. The van der Waals surface area contributed by atoms with Gasteiger partial charge in [0.15, 0.2) is 0 Å². The number of nitrogens with zero attached hydrogens (tertiary/aromatic N) is 1. The van der Waals surface area contributed by atoms with Crippen LogP contribution < -0.4 is 0 Å². The van der Waals surface area contributed by atoms with Crippen molar-refractivity contribution >= 4 is 6.29 Å². The lowest BCUT2D eigenvalue weighted by molar-refractivity contribution is -0.120. The zero-order chi connectivity index (χ0) is 13.2. The third-order valence-corrected chi connectivity index (χ3v) is 5.44. The van der Waals surface area contributed by atoms with Crippen LogP contribution in [0.25, 0.3) is 0 Å². The number of rotatable bonds is 4. The zero-order valence-corrected chi connectivity index (χ0v) is 12.3. The Balaban J connectivity index is 2.03. The molecule has 0 amide bonds. The summed E-state index contributed by atoms with van der Waals surface area (Å²) in [5, 5.41) is 0. The summed E-state index contributed by atoms with van der Waals surface area (Å²) in [7, 11) is 0. The molecule has 2 rings (SSSR count). The van der Waals surface area contributed by atoms with Gasteiger partial charge in [0.05, 0.1) is 0 Å². The van der Waals surface area contributed by atoms with Crippen LogP contribution in [0.1, 0.15) is 65.7 Å². The summed E-state index contributed by atoms with van der Waals surface area (Å²) in [6.07, 6.45) is 9.84. The largest absolute Gasteiger partial charge is 0.303 e. The molecule has 0 bridgehead atoms. The van der Waals surface area contributed by atoms with E-state index in [2.05, 4.69) is 25.7 Å². The van der Waals surface area contributed by atoms with Gasteiger partial charge in [-0.15, -0.1) is 0 Å². The van der Waals surface area contributed by atoms with Gasteiger partial charge in [0, 0.05) is 24.0 Å². The van der Waals surface area contributed by atoms with Crippen LogP contribution in [-0.2, 0) is 4.79 Å². The number of carbonyl (C=O) groups is 1. The van der Waals surface area contributed by atoms with Gasteiger partial charge in [0.2, 0.25) is 0 Å². The van der Waals surface area contributed by atoms with Gasteiger partial charge >= 0.3 is 0 Å². The molecule has 1 saturated carbocycles. The Kier molecular flexibility index (Phi) is 4.47. The maximum Gasteiger partial charge on any atom is 0.127 e.